The summed E-state index contributed by atoms with van der Waals surface area (Å²) in [4.78, 5) is 6.87. The first-order valence-corrected chi connectivity index (χ1v) is 8.80. The first-order chi connectivity index (χ1) is 11.3. The molecule has 0 radical (unpaired) electrons. The lowest BCUT2D eigenvalue weighted by Gasteiger charge is -2.32. The molecule has 1 aliphatic rings. The summed E-state index contributed by atoms with van der Waals surface area (Å²) < 4.78 is 5.42. The van der Waals surface area contributed by atoms with Gasteiger partial charge in [0.2, 0.25) is 0 Å². The van der Waals surface area contributed by atoms with Crippen molar-refractivity contribution in [2.45, 2.75) is 32.2 Å². The number of likely N-dealkylation sites (tertiary alicyclic amines) is 1. The van der Waals surface area contributed by atoms with Crippen molar-refractivity contribution >= 4 is 11.3 Å². The third-order valence-electron chi connectivity index (χ3n) is 4.35. The summed E-state index contributed by atoms with van der Waals surface area (Å²) in [6.45, 7) is 4.99. The second-order valence-electron chi connectivity index (χ2n) is 6.08. The molecule has 0 bridgehead atoms. The average molecular weight is 329 g/mol. The van der Waals surface area contributed by atoms with E-state index in [0.29, 0.717) is 5.92 Å². The molecule has 0 unspecified atom stereocenters. The van der Waals surface area contributed by atoms with Crippen molar-refractivity contribution in [2.75, 3.05) is 13.1 Å². The Hall–Kier alpha value is -1.99. The minimum absolute atomic E-state index is 0.435. The number of nitrogens with zero attached hydrogens (tertiary/aromatic N) is 4. The predicted molar refractivity (Wildman–Crippen MR) is 88.2 cm³/mol. The molecule has 3 aromatic heterocycles. The molecule has 7 heteroatoms. The van der Waals surface area contributed by atoms with Gasteiger partial charge in [-0.15, -0.1) is 11.3 Å². The van der Waals surface area contributed by atoms with E-state index in [4.69, 9.17) is 4.52 Å². The van der Waals surface area contributed by atoms with Crippen LogP contribution in [0.15, 0.2) is 27.7 Å². The number of aryl methyl sites for hydroxylation is 1. The smallest absolute Gasteiger partial charge is 0.170 e. The molecule has 1 atom stereocenters. The van der Waals surface area contributed by atoms with E-state index in [1.54, 1.807) is 11.3 Å². The van der Waals surface area contributed by atoms with Gasteiger partial charge in [-0.05, 0) is 26.3 Å². The van der Waals surface area contributed by atoms with Crippen LogP contribution in [0.3, 0.4) is 0 Å². The lowest BCUT2D eigenvalue weighted by molar-refractivity contribution is 0.197. The fraction of sp³-hybridized carbons (Fsp3) is 0.438. The average Bonchev–Trinajstić information content (AvgIpc) is 3.28. The standard InChI is InChI=1S/C16H19N5OS/c1-11-5-15(22-20-11)14-6-18-19-16(14)12-3-2-4-21(7-12)8-13-9-23-10-17-13/h5-6,9-10,12H,2-4,7-8H2,1H3,(H,18,19)/t12-/m0/s1. The topological polar surface area (TPSA) is 70.8 Å². The highest BCUT2D eigenvalue weighted by Crippen LogP contribution is 2.33. The zero-order chi connectivity index (χ0) is 15.6. The van der Waals surface area contributed by atoms with Gasteiger partial charge in [0, 0.05) is 30.5 Å². The number of piperidine rings is 1. The summed E-state index contributed by atoms with van der Waals surface area (Å²) in [5.74, 6) is 1.23. The van der Waals surface area contributed by atoms with Crippen molar-refractivity contribution in [1.82, 2.24) is 25.2 Å². The van der Waals surface area contributed by atoms with E-state index < -0.39 is 0 Å². The Labute approximate surface area is 138 Å². The zero-order valence-electron chi connectivity index (χ0n) is 13.0. The van der Waals surface area contributed by atoms with Gasteiger partial charge in [0.05, 0.1) is 34.4 Å². The maximum Gasteiger partial charge on any atom is 0.170 e. The van der Waals surface area contributed by atoms with Gasteiger partial charge in [0.15, 0.2) is 5.76 Å². The minimum atomic E-state index is 0.435. The summed E-state index contributed by atoms with van der Waals surface area (Å²) in [5.41, 5.74) is 6.14. The molecule has 0 amide bonds. The molecular formula is C16H19N5OS. The quantitative estimate of drug-likeness (QED) is 0.796. The highest BCUT2D eigenvalue weighted by atomic mass is 32.1. The lowest BCUT2D eigenvalue weighted by atomic mass is 9.92. The van der Waals surface area contributed by atoms with E-state index >= 15 is 0 Å². The second kappa shape index (κ2) is 6.25. The van der Waals surface area contributed by atoms with E-state index in [9.17, 15) is 0 Å². The van der Waals surface area contributed by atoms with E-state index in [1.807, 2.05) is 24.7 Å². The summed E-state index contributed by atoms with van der Waals surface area (Å²) in [5, 5.41) is 13.5. The Morgan fingerprint density at radius 2 is 2.43 bits per heavy atom. The Morgan fingerprint density at radius 1 is 1.48 bits per heavy atom. The van der Waals surface area contributed by atoms with Crippen molar-refractivity contribution in [3.8, 4) is 11.3 Å². The van der Waals surface area contributed by atoms with Crippen molar-refractivity contribution in [2.24, 2.45) is 0 Å². The van der Waals surface area contributed by atoms with Crippen LogP contribution < -0.4 is 0 Å². The van der Waals surface area contributed by atoms with Gasteiger partial charge in [-0.25, -0.2) is 4.98 Å². The Morgan fingerprint density at radius 3 is 3.22 bits per heavy atom. The number of hydrogen-bond donors (Lipinski definition) is 1. The second-order valence-corrected chi connectivity index (χ2v) is 6.80. The van der Waals surface area contributed by atoms with Crippen LogP contribution in [0.25, 0.3) is 11.3 Å². The van der Waals surface area contributed by atoms with Crippen LogP contribution in [0, 0.1) is 6.92 Å². The van der Waals surface area contributed by atoms with E-state index in [1.165, 1.54) is 6.42 Å². The number of nitrogens with one attached hydrogen (secondary N) is 1. The Balaban J connectivity index is 1.53. The molecule has 4 rings (SSSR count). The molecule has 0 spiro atoms. The molecule has 120 valence electrons. The summed E-state index contributed by atoms with van der Waals surface area (Å²) in [6.07, 6.45) is 4.19. The van der Waals surface area contributed by atoms with Crippen molar-refractivity contribution in [1.29, 1.82) is 0 Å². The molecule has 6 nitrogen and oxygen atoms in total. The molecule has 1 fully saturated rings. The van der Waals surface area contributed by atoms with Gasteiger partial charge < -0.3 is 4.52 Å². The van der Waals surface area contributed by atoms with Gasteiger partial charge in [-0.3, -0.25) is 10.00 Å². The molecule has 0 saturated carbocycles. The molecular weight excluding hydrogens is 310 g/mol. The normalized spacial score (nSPS) is 19.3. The predicted octanol–water partition coefficient (Wildman–Crippen LogP) is 3.21. The fourth-order valence-electron chi connectivity index (χ4n) is 3.27. The summed E-state index contributed by atoms with van der Waals surface area (Å²) in [7, 11) is 0. The fourth-order valence-corrected chi connectivity index (χ4v) is 3.82. The number of aromatic nitrogens is 4. The first-order valence-electron chi connectivity index (χ1n) is 7.86. The van der Waals surface area contributed by atoms with Crippen LogP contribution in [0.4, 0.5) is 0 Å². The van der Waals surface area contributed by atoms with Gasteiger partial charge in [-0.1, -0.05) is 5.16 Å². The molecule has 1 saturated heterocycles. The van der Waals surface area contributed by atoms with Crippen LogP contribution >= 0.6 is 11.3 Å². The van der Waals surface area contributed by atoms with E-state index in [-0.39, 0.29) is 0 Å². The van der Waals surface area contributed by atoms with Crippen LogP contribution in [-0.2, 0) is 6.54 Å². The lowest BCUT2D eigenvalue weighted by Crippen LogP contribution is -2.34. The van der Waals surface area contributed by atoms with Crippen molar-refractivity contribution in [3.05, 3.63) is 40.2 Å². The molecule has 3 aromatic rings. The van der Waals surface area contributed by atoms with Crippen molar-refractivity contribution in [3.63, 3.8) is 0 Å². The third-order valence-corrected chi connectivity index (χ3v) is 4.98. The van der Waals surface area contributed by atoms with Crippen LogP contribution in [0.2, 0.25) is 0 Å². The third kappa shape index (κ3) is 3.07. The largest absolute Gasteiger partial charge is 0.356 e. The number of H-pyrrole nitrogens is 1. The SMILES string of the molecule is Cc1cc(-c2cn[nH]c2[C@H]2CCCN(Cc3cscn3)C2)on1. The van der Waals surface area contributed by atoms with Gasteiger partial charge in [-0.2, -0.15) is 5.10 Å². The summed E-state index contributed by atoms with van der Waals surface area (Å²) in [6, 6.07) is 1.96. The van der Waals surface area contributed by atoms with Crippen LogP contribution in [-0.4, -0.2) is 38.3 Å². The monoisotopic (exact) mass is 329 g/mol. The molecule has 1 N–H and O–H groups in total. The summed E-state index contributed by atoms with van der Waals surface area (Å²) >= 11 is 1.66. The zero-order valence-corrected chi connectivity index (χ0v) is 13.8. The van der Waals surface area contributed by atoms with Gasteiger partial charge in [0.25, 0.3) is 0 Å². The number of hydrogen-bond acceptors (Lipinski definition) is 6. The molecule has 0 aromatic carbocycles. The first kappa shape index (κ1) is 14.6. The molecule has 1 aliphatic heterocycles. The maximum atomic E-state index is 5.42. The Bertz CT molecular complexity index is 763. The van der Waals surface area contributed by atoms with Crippen molar-refractivity contribution < 1.29 is 4.52 Å². The minimum Gasteiger partial charge on any atom is -0.356 e. The van der Waals surface area contributed by atoms with Gasteiger partial charge in [0.1, 0.15) is 0 Å². The highest BCUT2D eigenvalue weighted by Gasteiger charge is 2.26. The molecule has 23 heavy (non-hydrogen) atoms. The van der Waals surface area contributed by atoms with Crippen LogP contribution in [0.5, 0.6) is 0 Å². The molecule has 4 heterocycles. The highest BCUT2D eigenvalue weighted by molar-refractivity contribution is 7.07. The molecule has 0 aliphatic carbocycles. The number of rotatable bonds is 4. The number of thiazole rings is 1. The van der Waals surface area contributed by atoms with Gasteiger partial charge >= 0.3 is 0 Å². The van der Waals surface area contributed by atoms with E-state index in [0.717, 1.165) is 54.5 Å². The number of aromatic amines is 1. The Kier molecular flexibility index (Phi) is 3.97. The van der Waals surface area contributed by atoms with E-state index in [2.05, 4.69) is 30.6 Å². The van der Waals surface area contributed by atoms with Crippen LogP contribution in [0.1, 0.15) is 35.8 Å². The maximum absolute atomic E-state index is 5.42.